The summed E-state index contributed by atoms with van der Waals surface area (Å²) in [5.41, 5.74) is 6.17. The molecule has 0 radical (unpaired) electrons. The van der Waals surface area contributed by atoms with Crippen LogP contribution in [0.4, 0.5) is 0 Å². The number of amides is 1. The average molecular weight is 239 g/mol. The quantitative estimate of drug-likeness (QED) is 0.757. The summed E-state index contributed by atoms with van der Waals surface area (Å²) in [6.07, 6.45) is 3.71. The van der Waals surface area contributed by atoms with Gasteiger partial charge < -0.3 is 11.1 Å². The van der Waals surface area contributed by atoms with E-state index in [9.17, 15) is 4.79 Å². The predicted octanol–water partition coefficient (Wildman–Crippen LogP) is 0.570. The van der Waals surface area contributed by atoms with Crippen LogP contribution in [0.2, 0.25) is 0 Å². The number of hydrogen-bond donors (Lipinski definition) is 2. The van der Waals surface area contributed by atoms with Crippen molar-refractivity contribution in [1.82, 2.24) is 10.2 Å². The fourth-order valence-corrected chi connectivity index (χ4v) is 3.31. The lowest BCUT2D eigenvalue weighted by Gasteiger charge is -2.29. The first kappa shape index (κ1) is 12.8. The molecule has 2 aliphatic rings. The molecule has 1 aliphatic heterocycles. The number of carbonyl (C=O) groups excluding carboxylic acids is 1. The van der Waals surface area contributed by atoms with Crippen LogP contribution in [0.25, 0.3) is 0 Å². The predicted molar refractivity (Wildman–Crippen MR) is 68.5 cm³/mol. The summed E-state index contributed by atoms with van der Waals surface area (Å²) in [5.74, 6) is 1.49. The number of likely N-dealkylation sites (tertiary alicyclic amines) is 1. The van der Waals surface area contributed by atoms with Gasteiger partial charge in [0.1, 0.15) is 0 Å². The number of hydrogen-bond acceptors (Lipinski definition) is 3. The molecule has 3 N–H and O–H groups in total. The first-order valence-corrected chi connectivity index (χ1v) is 6.83. The van der Waals surface area contributed by atoms with Crippen LogP contribution in [0.5, 0.6) is 0 Å². The van der Waals surface area contributed by atoms with E-state index in [0.717, 1.165) is 25.4 Å². The van der Waals surface area contributed by atoms with Crippen molar-refractivity contribution in [2.45, 2.75) is 45.2 Å². The van der Waals surface area contributed by atoms with Gasteiger partial charge in [0, 0.05) is 25.2 Å². The van der Waals surface area contributed by atoms with Gasteiger partial charge in [-0.15, -0.1) is 0 Å². The minimum atomic E-state index is 0.146. The molecule has 0 bridgehead atoms. The van der Waals surface area contributed by atoms with Gasteiger partial charge in [-0.05, 0) is 38.5 Å². The summed E-state index contributed by atoms with van der Waals surface area (Å²) in [6, 6.07) is 0.585. The fraction of sp³-hybridized carbons (Fsp3) is 0.923. The smallest absolute Gasteiger partial charge is 0.234 e. The molecule has 1 saturated heterocycles. The Hall–Kier alpha value is -0.610. The molecule has 1 heterocycles. The number of nitrogens with two attached hydrogens (primary N) is 1. The maximum Gasteiger partial charge on any atom is 0.234 e. The topological polar surface area (TPSA) is 58.4 Å². The first-order chi connectivity index (χ1) is 8.06. The van der Waals surface area contributed by atoms with E-state index in [1.54, 1.807) is 0 Å². The Morgan fingerprint density at radius 1 is 1.41 bits per heavy atom. The summed E-state index contributed by atoms with van der Waals surface area (Å²) in [6.45, 7) is 6.61. The molecule has 4 nitrogen and oxygen atoms in total. The van der Waals surface area contributed by atoms with Crippen LogP contribution in [-0.2, 0) is 4.79 Å². The van der Waals surface area contributed by atoms with Gasteiger partial charge in [-0.2, -0.15) is 0 Å². The third-order valence-corrected chi connectivity index (χ3v) is 4.05. The average Bonchev–Trinajstić information content (AvgIpc) is 2.60. The zero-order valence-corrected chi connectivity index (χ0v) is 11.0. The summed E-state index contributed by atoms with van der Waals surface area (Å²) >= 11 is 0. The Labute approximate surface area is 104 Å². The van der Waals surface area contributed by atoms with Crippen LogP contribution in [0.3, 0.4) is 0 Å². The molecule has 0 spiro atoms. The fourth-order valence-electron chi connectivity index (χ4n) is 3.31. The van der Waals surface area contributed by atoms with Crippen molar-refractivity contribution in [2.24, 2.45) is 17.6 Å². The Morgan fingerprint density at radius 2 is 2.18 bits per heavy atom. The van der Waals surface area contributed by atoms with Gasteiger partial charge in [-0.1, -0.05) is 6.42 Å². The normalized spacial score (nSPS) is 33.8. The minimum Gasteiger partial charge on any atom is -0.353 e. The Kier molecular flexibility index (Phi) is 4.05. The largest absolute Gasteiger partial charge is 0.353 e. The Balaban J connectivity index is 1.82. The number of nitrogens with zero attached hydrogens (tertiary/aromatic N) is 1. The number of rotatable bonds is 3. The molecule has 0 aromatic carbocycles. The zero-order valence-electron chi connectivity index (χ0n) is 11.0. The third-order valence-electron chi connectivity index (χ3n) is 4.05. The molecule has 0 aromatic rings. The van der Waals surface area contributed by atoms with Crippen molar-refractivity contribution in [3.05, 3.63) is 0 Å². The number of nitrogens with one attached hydrogen (secondary N) is 1. The van der Waals surface area contributed by atoms with E-state index < -0.39 is 0 Å². The van der Waals surface area contributed by atoms with Crippen molar-refractivity contribution < 1.29 is 4.79 Å². The Bertz CT molecular complexity index is 280. The van der Waals surface area contributed by atoms with Crippen molar-refractivity contribution in [3.63, 3.8) is 0 Å². The SMILES string of the molecule is CC(C)NC(=O)CN1CC2CCCC(N)C2C1. The summed E-state index contributed by atoms with van der Waals surface area (Å²) in [5, 5.41) is 2.95. The van der Waals surface area contributed by atoms with Crippen LogP contribution in [0.15, 0.2) is 0 Å². The van der Waals surface area contributed by atoms with Gasteiger partial charge >= 0.3 is 0 Å². The van der Waals surface area contributed by atoms with Gasteiger partial charge in [0.05, 0.1) is 6.54 Å². The van der Waals surface area contributed by atoms with E-state index in [4.69, 9.17) is 5.73 Å². The maximum absolute atomic E-state index is 11.7. The highest BCUT2D eigenvalue weighted by atomic mass is 16.2. The number of carbonyl (C=O) groups is 1. The lowest BCUT2D eigenvalue weighted by molar-refractivity contribution is -0.122. The standard InChI is InChI=1S/C13H25N3O/c1-9(2)15-13(17)8-16-6-10-4-3-5-12(14)11(10)7-16/h9-12H,3-8,14H2,1-2H3,(H,15,17). The second-order valence-corrected chi connectivity index (χ2v) is 5.93. The first-order valence-electron chi connectivity index (χ1n) is 6.83. The van der Waals surface area contributed by atoms with Crippen molar-refractivity contribution in [1.29, 1.82) is 0 Å². The van der Waals surface area contributed by atoms with Gasteiger partial charge in [0.15, 0.2) is 0 Å². The molecule has 1 amide bonds. The van der Waals surface area contributed by atoms with Gasteiger partial charge in [-0.25, -0.2) is 0 Å². The second-order valence-electron chi connectivity index (χ2n) is 5.93. The van der Waals surface area contributed by atoms with Crippen LogP contribution >= 0.6 is 0 Å². The summed E-state index contributed by atoms with van der Waals surface area (Å²) in [4.78, 5) is 14.0. The van der Waals surface area contributed by atoms with Gasteiger partial charge in [0.2, 0.25) is 5.91 Å². The van der Waals surface area contributed by atoms with E-state index >= 15 is 0 Å². The molecule has 1 aliphatic carbocycles. The van der Waals surface area contributed by atoms with E-state index in [0.29, 0.717) is 18.5 Å². The van der Waals surface area contributed by atoms with Gasteiger partial charge in [-0.3, -0.25) is 9.69 Å². The van der Waals surface area contributed by atoms with Crippen LogP contribution in [0.1, 0.15) is 33.1 Å². The highest BCUT2D eigenvalue weighted by molar-refractivity contribution is 5.78. The summed E-state index contributed by atoms with van der Waals surface area (Å²) in [7, 11) is 0. The summed E-state index contributed by atoms with van der Waals surface area (Å²) < 4.78 is 0. The van der Waals surface area contributed by atoms with Gasteiger partial charge in [0.25, 0.3) is 0 Å². The highest BCUT2D eigenvalue weighted by Gasteiger charge is 2.38. The van der Waals surface area contributed by atoms with Crippen molar-refractivity contribution in [3.8, 4) is 0 Å². The van der Waals surface area contributed by atoms with E-state index in [1.807, 2.05) is 13.8 Å². The van der Waals surface area contributed by atoms with Crippen LogP contribution < -0.4 is 11.1 Å². The Morgan fingerprint density at radius 3 is 2.82 bits per heavy atom. The van der Waals surface area contributed by atoms with E-state index in [-0.39, 0.29) is 11.9 Å². The van der Waals surface area contributed by atoms with E-state index in [2.05, 4.69) is 10.2 Å². The molecule has 2 fully saturated rings. The van der Waals surface area contributed by atoms with Crippen molar-refractivity contribution >= 4 is 5.91 Å². The molecule has 1 saturated carbocycles. The molecule has 2 rings (SSSR count). The highest BCUT2D eigenvalue weighted by Crippen LogP contribution is 2.35. The maximum atomic E-state index is 11.7. The second kappa shape index (κ2) is 5.36. The molecule has 98 valence electrons. The van der Waals surface area contributed by atoms with Crippen LogP contribution in [-0.4, -0.2) is 42.5 Å². The third kappa shape index (κ3) is 3.19. The molecule has 0 aromatic heterocycles. The molecule has 3 unspecified atom stereocenters. The minimum absolute atomic E-state index is 0.146. The number of fused-ring (bicyclic) bond motifs is 1. The molecule has 4 heteroatoms. The van der Waals surface area contributed by atoms with Crippen LogP contribution in [0, 0.1) is 11.8 Å². The lowest BCUT2D eigenvalue weighted by Crippen LogP contribution is -2.40. The molecule has 17 heavy (non-hydrogen) atoms. The molecular weight excluding hydrogens is 214 g/mol. The molecular formula is C13H25N3O. The molecule has 3 atom stereocenters. The van der Waals surface area contributed by atoms with E-state index in [1.165, 1.54) is 12.8 Å². The lowest BCUT2D eigenvalue weighted by atomic mass is 9.78. The monoisotopic (exact) mass is 239 g/mol. The van der Waals surface area contributed by atoms with Crippen molar-refractivity contribution in [2.75, 3.05) is 19.6 Å². The zero-order chi connectivity index (χ0) is 12.4.